The molecule has 2 nitrogen and oxygen atoms in total. The second-order valence-electron chi connectivity index (χ2n) is 2.04. The zero-order valence-electron chi connectivity index (χ0n) is 4.86. The molecule has 0 aromatic heterocycles. The number of halogens is 2. The summed E-state index contributed by atoms with van der Waals surface area (Å²) in [6, 6.07) is 0. The zero-order chi connectivity index (χ0) is 7.07. The molecule has 9 heavy (non-hydrogen) atoms. The molecule has 1 saturated carbocycles. The number of rotatable bonds is 1. The lowest BCUT2D eigenvalue weighted by Crippen LogP contribution is -2.06. The third-order valence-corrected chi connectivity index (χ3v) is 3.06. The average molecular weight is 258 g/mol. The maximum absolute atomic E-state index is 10.7. The van der Waals surface area contributed by atoms with Crippen LogP contribution in [0, 0.1) is 5.92 Å². The number of carbonyl (C=O) groups is 1. The number of alkyl halides is 2. The van der Waals surface area contributed by atoms with Crippen molar-refractivity contribution in [1.29, 1.82) is 0 Å². The highest BCUT2D eigenvalue weighted by molar-refractivity contribution is 9.25. The van der Waals surface area contributed by atoms with E-state index in [-0.39, 0.29) is 15.1 Å². The number of ether oxygens (including phenoxy) is 1. The van der Waals surface area contributed by atoms with Gasteiger partial charge >= 0.3 is 5.97 Å². The number of carbonyl (C=O) groups excluding carboxylic acids is 1. The predicted octanol–water partition coefficient (Wildman–Crippen LogP) is 1.67. The Bertz CT molecular complexity index is 144. The van der Waals surface area contributed by atoms with Gasteiger partial charge in [0, 0.05) is 0 Å². The Hall–Kier alpha value is 0.430. The molecule has 1 rings (SSSR count). The van der Waals surface area contributed by atoms with E-state index in [2.05, 4.69) is 36.6 Å². The van der Waals surface area contributed by atoms with Crippen LogP contribution in [0.3, 0.4) is 0 Å². The molecule has 0 N–H and O–H groups in total. The monoisotopic (exact) mass is 256 g/mol. The molecular formula is C5H6Br2O2. The molecule has 0 amide bonds. The van der Waals surface area contributed by atoms with Crippen molar-refractivity contribution in [3.8, 4) is 0 Å². The zero-order valence-corrected chi connectivity index (χ0v) is 8.03. The van der Waals surface area contributed by atoms with Gasteiger partial charge in [-0.25, -0.2) is 0 Å². The predicted molar refractivity (Wildman–Crippen MR) is 40.7 cm³/mol. The first-order chi connectivity index (χ1) is 4.08. The summed E-state index contributed by atoms with van der Waals surface area (Å²) in [6.45, 7) is 0. The average Bonchev–Trinajstić information content (AvgIpc) is 2.38. The van der Waals surface area contributed by atoms with Crippen molar-refractivity contribution in [3.05, 3.63) is 0 Å². The van der Waals surface area contributed by atoms with Crippen molar-refractivity contribution in [2.24, 2.45) is 5.92 Å². The summed E-state index contributed by atoms with van der Waals surface area (Å²) < 4.78 is 4.35. The minimum Gasteiger partial charge on any atom is -0.469 e. The lowest BCUT2D eigenvalue weighted by Gasteiger charge is -1.96. The molecule has 0 aliphatic heterocycles. The lowest BCUT2D eigenvalue weighted by molar-refractivity contribution is -0.142. The fourth-order valence-electron chi connectivity index (χ4n) is 0.611. The van der Waals surface area contributed by atoms with Crippen molar-refractivity contribution in [2.45, 2.75) is 9.65 Å². The summed E-state index contributed by atoms with van der Waals surface area (Å²) in [6.07, 6.45) is 0.819. The molecule has 0 heterocycles. The molecule has 1 aliphatic rings. The van der Waals surface area contributed by atoms with Crippen LogP contribution in [0.4, 0.5) is 0 Å². The van der Waals surface area contributed by atoms with Crippen LogP contribution in [-0.4, -0.2) is 16.3 Å². The van der Waals surface area contributed by atoms with E-state index in [1.54, 1.807) is 0 Å². The van der Waals surface area contributed by atoms with Gasteiger partial charge in [0.2, 0.25) is 0 Å². The molecule has 0 unspecified atom stereocenters. The molecule has 0 aromatic carbocycles. The fraction of sp³-hybridized carbons (Fsp3) is 0.800. The Morgan fingerprint density at radius 3 is 2.33 bits per heavy atom. The van der Waals surface area contributed by atoms with Crippen molar-refractivity contribution in [2.75, 3.05) is 7.11 Å². The van der Waals surface area contributed by atoms with Crippen LogP contribution in [0.2, 0.25) is 0 Å². The first-order valence-electron chi connectivity index (χ1n) is 2.53. The number of hydrogen-bond acceptors (Lipinski definition) is 2. The Morgan fingerprint density at radius 2 is 2.22 bits per heavy atom. The third-order valence-electron chi connectivity index (χ3n) is 1.31. The van der Waals surface area contributed by atoms with Gasteiger partial charge in [0.1, 0.15) is 0 Å². The van der Waals surface area contributed by atoms with Gasteiger partial charge in [0.25, 0.3) is 0 Å². The molecule has 0 saturated heterocycles. The van der Waals surface area contributed by atoms with Crippen molar-refractivity contribution in [3.63, 3.8) is 0 Å². The SMILES string of the molecule is COC(=O)[C@@H]1CC1(Br)Br. The standard InChI is InChI=1S/C5H6Br2O2/c1-9-4(8)3-2-5(3,6)7/h3H,2H2,1H3/t3-/m0/s1. The number of esters is 1. The molecule has 0 spiro atoms. The highest BCUT2D eigenvalue weighted by Crippen LogP contribution is 2.56. The Morgan fingerprint density at radius 1 is 1.78 bits per heavy atom. The molecule has 1 atom stereocenters. The number of methoxy groups -OCH3 is 1. The van der Waals surface area contributed by atoms with E-state index < -0.39 is 0 Å². The van der Waals surface area contributed by atoms with Crippen molar-refractivity contribution < 1.29 is 9.53 Å². The second-order valence-corrected chi connectivity index (χ2v) is 5.94. The van der Waals surface area contributed by atoms with E-state index in [1.165, 1.54) is 7.11 Å². The Kier molecular flexibility index (Phi) is 1.87. The molecule has 1 fully saturated rings. The normalized spacial score (nSPS) is 29.4. The minimum atomic E-state index is -0.160. The van der Waals surface area contributed by atoms with Gasteiger partial charge in [-0.05, 0) is 6.42 Å². The van der Waals surface area contributed by atoms with E-state index in [1.807, 2.05) is 0 Å². The Labute approximate surface area is 70.2 Å². The van der Waals surface area contributed by atoms with Crippen LogP contribution in [0.5, 0.6) is 0 Å². The van der Waals surface area contributed by atoms with Crippen molar-refractivity contribution >= 4 is 37.8 Å². The van der Waals surface area contributed by atoms with E-state index in [4.69, 9.17) is 0 Å². The van der Waals surface area contributed by atoms with Gasteiger partial charge in [-0.3, -0.25) is 4.79 Å². The van der Waals surface area contributed by atoms with E-state index in [0.29, 0.717) is 0 Å². The minimum absolute atomic E-state index is 0.00231. The van der Waals surface area contributed by atoms with Crippen LogP contribution in [-0.2, 0) is 9.53 Å². The molecule has 1 aliphatic carbocycles. The first-order valence-corrected chi connectivity index (χ1v) is 4.12. The fourth-order valence-corrected chi connectivity index (χ4v) is 1.63. The summed E-state index contributed by atoms with van der Waals surface area (Å²) in [4.78, 5) is 10.7. The van der Waals surface area contributed by atoms with Crippen LogP contribution in [0.25, 0.3) is 0 Å². The summed E-state index contributed by atoms with van der Waals surface area (Å²) in [7, 11) is 1.40. The summed E-state index contributed by atoms with van der Waals surface area (Å²) >= 11 is 6.62. The molecule has 4 heteroatoms. The molecule has 0 aromatic rings. The highest BCUT2D eigenvalue weighted by atomic mass is 79.9. The largest absolute Gasteiger partial charge is 0.469 e. The van der Waals surface area contributed by atoms with Crippen LogP contribution in [0.15, 0.2) is 0 Å². The van der Waals surface area contributed by atoms with Gasteiger partial charge < -0.3 is 4.74 Å². The van der Waals surface area contributed by atoms with Gasteiger partial charge in [-0.1, -0.05) is 31.9 Å². The molecule has 0 bridgehead atoms. The topological polar surface area (TPSA) is 26.3 Å². The van der Waals surface area contributed by atoms with E-state index >= 15 is 0 Å². The molecular weight excluding hydrogens is 252 g/mol. The summed E-state index contributed by atoms with van der Waals surface area (Å²) in [5, 5.41) is 0. The van der Waals surface area contributed by atoms with Gasteiger partial charge in [0.15, 0.2) is 0 Å². The quantitative estimate of drug-likeness (QED) is 0.528. The highest BCUT2D eigenvalue weighted by Gasteiger charge is 2.55. The van der Waals surface area contributed by atoms with Gasteiger partial charge in [-0.2, -0.15) is 0 Å². The maximum atomic E-state index is 10.7. The van der Waals surface area contributed by atoms with E-state index in [0.717, 1.165) is 6.42 Å². The number of hydrogen-bond donors (Lipinski definition) is 0. The summed E-state index contributed by atoms with van der Waals surface area (Å²) in [5.41, 5.74) is 0. The molecule has 0 radical (unpaired) electrons. The summed E-state index contributed by atoms with van der Waals surface area (Å²) in [5.74, 6) is -0.147. The van der Waals surface area contributed by atoms with Gasteiger partial charge in [-0.15, -0.1) is 0 Å². The van der Waals surface area contributed by atoms with Crippen LogP contribution in [0.1, 0.15) is 6.42 Å². The lowest BCUT2D eigenvalue weighted by atomic mass is 10.4. The maximum Gasteiger partial charge on any atom is 0.311 e. The molecule has 52 valence electrons. The van der Waals surface area contributed by atoms with Crippen LogP contribution >= 0.6 is 31.9 Å². The smallest absolute Gasteiger partial charge is 0.311 e. The third kappa shape index (κ3) is 1.46. The van der Waals surface area contributed by atoms with Crippen LogP contribution < -0.4 is 0 Å². The van der Waals surface area contributed by atoms with Crippen molar-refractivity contribution in [1.82, 2.24) is 0 Å². The second kappa shape index (κ2) is 2.23. The first kappa shape index (κ1) is 7.54. The van der Waals surface area contributed by atoms with E-state index in [9.17, 15) is 4.79 Å². The Balaban J connectivity index is 2.42. The van der Waals surface area contributed by atoms with Gasteiger partial charge in [0.05, 0.1) is 16.3 Å².